The molecule has 0 aliphatic heterocycles. The van der Waals surface area contributed by atoms with Gasteiger partial charge in [-0.1, -0.05) is 40.5 Å². The third-order valence-electron chi connectivity index (χ3n) is 5.73. The zero-order valence-corrected chi connectivity index (χ0v) is 14.4. The van der Waals surface area contributed by atoms with Crippen LogP contribution in [-0.4, -0.2) is 11.8 Å². The topological polar surface area (TPSA) is 110 Å². The molecule has 0 bridgehead atoms. The van der Waals surface area contributed by atoms with Crippen LogP contribution in [0.15, 0.2) is 0 Å². The summed E-state index contributed by atoms with van der Waals surface area (Å²) in [4.78, 5) is 24.7. The first-order valence-corrected chi connectivity index (χ1v) is 8.23. The summed E-state index contributed by atoms with van der Waals surface area (Å²) >= 11 is 0. The van der Waals surface area contributed by atoms with Gasteiger partial charge in [0.05, 0.1) is 0 Å². The standard InChI is InChI=1S/C16H32N4O2/c1-5-14(3,10-15(4)8-7-9-15)11-16(6-2,12(21)19-17)13(22)20-18/h5-11,17-18H2,1-4H3,(H,19,21)(H,20,22). The first-order chi connectivity index (χ1) is 10.2. The number of carbonyl (C=O) groups is 2. The number of hydrazine groups is 2. The highest BCUT2D eigenvalue weighted by atomic mass is 16.2. The Bertz CT molecular complexity index is 404. The molecule has 22 heavy (non-hydrogen) atoms. The average Bonchev–Trinajstić information content (AvgIpc) is 2.49. The van der Waals surface area contributed by atoms with E-state index in [0.717, 1.165) is 12.8 Å². The van der Waals surface area contributed by atoms with Crippen molar-refractivity contribution in [3.8, 4) is 0 Å². The van der Waals surface area contributed by atoms with Crippen LogP contribution in [0, 0.1) is 16.2 Å². The summed E-state index contributed by atoms with van der Waals surface area (Å²) in [5, 5.41) is 0. The summed E-state index contributed by atoms with van der Waals surface area (Å²) in [5.74, 6) is 9.74. The molecule has 1 aliphatic carbocycles. The van der Waals surface area contributed by atoms with Gasteiger partial charge in [-0.25, -0.2) is 11.7 Å². The fourth-order valence-electron chi connectivity index (χ4n) is 4.01. The van der Waals surface area contributed by atoms with Crippen molar-refractivity contribution in [2.75, 3.05) is 0 Å². The minimum atomic E-state index is -1.21. The van der Waals surface area contributed by atoms with Gasteiger partial charge >= 0.3 is 0 Å². The molecular weight excluding hydrogens is 280 g/mol. The number of amides is 2. The van der Waals surface area contributed by atoms with Crippen molar-refractivity contribution in [2.45, 2.75) is 72.6 Å². The van der Waals surface area contributed by atoms with E-state index in [1.54, 1.807) is 0 Å². The van der Waals surface area contributed by atoms with Crippen molar-refractivity contribution in [1.82, 2.24) is 10.9 Å². The van der Waals surface area contributed by atoms with Crippen molar-refractivity contribution >= 4 is 11.8 Å². The molecule has 6 nitrogen and oxygen atoms in total. The molecule has 1 saturated carbocycles. The Morgan fingerprint density at radius 1 is 1.09 bits per heavy atom. The number of nitrogens with one attached hydrogen (secondary N) is 2. The maximum Gasteiger partial charge on any atom is 0.249 e. The Morgan fingerprint density at radius 3 is 1.86 bits per heavy atom. The van der Waals surface area contributed by atoms with Crippen molar-refractivity contribution < 1.29 is 9.59 Å². The lowest BCUT2D eigenvalue weighted by Crippen LogP contribution is -2.56. The van der Waals surface area contributed by atoms with E-state index >= 15 is 0 Å². The second-order valence-electron chi connectivity index (χ2n) is 7.56. The van der Waals surface area contributed by atoms with Crippen molar-refractivity contribution in [2.24, 2.45) is 27.9 Å². The van der Waals surface area contributed by atoms with Gasteiger partial charge < -0.3 is 0 Å². The molecule has 128 valence electrons. The van der Waals surface area contributed by atoms with Crippen LogP contribution < -0.4 is 22.5 Å². The molecule has 1 fully saturated rings. The van der Waals surface area contributed by atoms with Gasteiger partial charge in [0.15, 0.2) is 0 Å². The lowest BCUT2D eigenvalue weighted by molar-refractivity contribution is -0.147. The highest BCUT2D eigenvalue weighted by Crippen LogP contribution is 2.53. The van der Waals surface area contributed by atoms with Crippen LogP contribution in [0.5, 0.6) is 0 Å². The largest absolute Gasteiger partial charge is 0.293 e. The third-order valence-corrected chi connectivity index (χ3v) is 5.73. The zero-order valence-electron chi connectivity index (χ0n) is 14.4. The summed E-state index contributed by atoms with van der Waals surface area (Å²) < 4.78 is 0. The smallest absolute Gasteiger partial charge is 0.249 e. The second-order valence-corrected chi connectivity index (χ2v) is 7.56. The summed E-state index contributed by atoms with van der Waals surface area (Å²) in [5.41, 5.74) is 3.31. The first-order valence-electron chi connectivity index (χ1n) is 8.23. The van der Waals surface area contributed by atoms with Crippen LogP contribution in [0.25, 0.3) is 0 Å². The van der Waals surface area contributed by atoms with Crippen molar-refractivity contribution in [3.63, 3.8) is 0 Å². The fraction of sp³-hybridized carbons (Fsp3) is 0.875. The molecule has 0 aromatic rings. The molecular formula is C16H32N4O2. The van der Waals surface area contributed by atoms with Crippen molar-refractivity contribution in [3.05, 3.63) is 0 Å². The SMILES string of the molecule is CCC(C)(CC1(C)CCC1)CC(CC)(C(=O)NN)C(=O)NN. The van der Waals surface area contributed by atoms with Crippen LogP contribution in [0.4, 0.5) is 0 Å². The van der Waals surface area contributed by atoms with Gasteiger partial charge in [0.2, 0.25) is 11.8 Å². The van der Waals surface area contributed by atoms with E-state index in [2.05, 4.69) is 31.6 Å². The maximum absolute atomic E-state index is 12.4. The molecule has 6 heteroatoms. The van der Waals surface area contributed by atoms with E-state index in [1.165, 1.54) is 19.3 Å². The summed E-state index contributed by atoms with van der Waals surface area (Å²) in [6.07, 6.45) is 6.43. The van der Waals surface area contributed by atoms with Crippen LogP contribution in [0.2, 0.25) is 0 Å². The van der Waals surface area contributed by atoms with E-state index in [1.807, 2.05) is 6.92 Å². The molecule has 1 unspecified atom stereocenters. The normalized spacial score (nSPS) is 19.7. The average molecular weight is 312 g/mol. The lowest BCUT2D eigenvalue weighted by Gasteiger charge is -2.47. The number of hydrogen-bond donors (Lipinski definition) is 4. The van der Waals surface area contributed by atoms with Gasteiger partial charge in [-0.3, -0.25) is 20.4 Å². The van der Waals surface area contributed by atoms with Crippen LogP contribution in [0.1, 0.15) is 72.6 Å². The zero-order chi connectivity index (χ0) is 17.0. The van der Waals surface area contributed by atoms with E-state index < -0.39 is 17.2 Å². The highest BCUT2D eigenvalue weighted by molar-refractivity contribution is 6.04. The number of carbonyl (C=O) groups excluding carboxylic acids is 2. The number of rotatable bonds is 8. The molecule has 0 aromatic carbocycles. The predicted octanol–water partition coefficient (Wildman–Crippen LogP) is 1.75. The molecule has 1 aliphatic rings. The minimum absolute atomic E-state index is 0.107. The number of hydrogen-bond acceptors (Lipinski definition) is 4. The van der Waals surface area contributed by atoms with Gasteiger partial charge in [0.25, 0.3) is 0 Å². The van der Waals surface area contributed by atoms with Gasteiger partial charge in [-0.15, -0.1) is 0 Å². The molecule has 2 amide bonds. The molecule has 6 N–H and O–H groups in total. The Balaban J connectivity index is 3.08. The van der Waals surface area contributed by atoms with Gasteiger partial charge in [0.1, 0.15) is 5.41 Å². The van der Waals surface area contributed by atoms with E-state index in [-0.39, 0.29) is 5.41 Å². The van der Waals surface area contributed by atoms with E-state index in [0.29, 0.717) is 18.3 Å². The van der Waals surface area contributed by atoms with E-state index in [4.69, 9.17) is 11.7 Å². The fourth-order valence-corrected chi connectivity index (χ4v) is 4.01. The maximum atomic E-state index is 12.4. The molecule has 0 heterocycles. The monoisotopic (exact) mass is 312 g/mol. The Kier molecular flexibility index (Phi) is 5.98. The summed E-state index contributed by atoms with van der Waals surface area (Å²) in [6, 6.07) is 0. The van der Waals surface area contributed by atoms with Gasteiger partial charge in [-0.2, -0.15) is 0 Å². The molecule has 0 spiro atoms. The highest BCUT2D eigenvalue weighted by Gasteiger charge is 2.50. The Hall–Kier alpha value is -1.14. The van der Waals surface area contributed by atoms with Crippen LogP contribution in [0.3, 0.4) is 0 Å². The molecule has 0 saturated heterocycles. The molecule has 0 aromatic heterocycles. The van der Waals surface area contributed by atoms with Crippen LogP contribution >= 0.6 is 0 Å². The first kappa shape index (κ1) is 18.9. The quantitative estimate of drug-likeness (QED) is 0.237. The Labute approximate surface area is 133 Å². The second kappa shape index (κ2) is 6.96. The van der Waals surface area contributed by atoms with Crippen molar-refractivity contribution in [1.29, 1.82) is 0 Å². The lowest BCUT2D eigenvalue weighted by atomic mass is 9.57. The minimum Gasteiger partial charge on any atom is -0.293 e. The predicted molar refractivity (Wildman–Crippen MR) is 87.0 cm³/mol. The Morgan fingerprint density at radius 2 is 1.59 bits per heavy atom. The van der Waals surface area contributed by atoms with Gasteiger partial charge in [-0.05, 0) is 42.9 Å². The number of nitrogens with two attached hydrogens (primary N) is 2. The summed E-state index contributed by atoms with van der Waals surface area (Å²) in [7, 11) is 0. The molecule has 0 radical (unpaired) electrons. The third kappa shape index (κ3) is 3.60. The van der Waals surface area contributed by atoms with E-state index in [9.17, 15) is 9.59 Å². The summed E-state index contributed by atoms with van der Waals surface area (Å²) in [6.45, 7) is 8.40. The molecule has 1 rings (SSSR count). The van der Waals surface area contributed by atoms with Gasteiger partial charge in [0, 0.05) is 0 Å². The van der Waals surface area contributed by atoms with Crippen LogP contribution in [-0.2, 0) is 9.59 Å². The molecule has 1 atom stereocenters.